The van der Waals surface area contributed by atoms with Crippen LogP contribution in [0.15, 0.2) is 48.5 Å². The van der Waals surface area contributed by atoms with Crippen molar-refractivity contribution in [1.29, 1.82) is 0 Å². The summed E-state index contributed by atoms with van der Waals surface area (Å²) in [7, 11) is 3.02. The van der Waals surface area contributed by atoms with Gasteiger partial charge in [-0.1, -0.05) is 12.1 Å². The fourth-order valence-electron chi connectivity index (χ4n) is 2.51. The molecular weight excluding hydrogens is 320 g/mol. The number of nitrogens with zero attached hydrogens (tertiary/aromatic N) is 1. The number of nitrogens with one attached hydrogen (secondary N) is 1. The molecule has 25 heavy (non-hydrogen) atoms. The number of hydrogen-bond acceptors (Lipinski definition) is 4. The Kier molecular flexibility index (Phi) is 4.35. The Morgan fingerprint density at radius 1 is 1.04 bits per heavy atom. The van der Waals surface area contributed by atoms with Gasteiger partial charge in [-0.3, -0.25) is 19.3 Å². The number of fused-ring (bicyclic) bond motifs is 1. The van der Waals surface area contributed by atoms with E-state index >= 15 is 0 Å². The first-order chi connectivity index (χ1) is 12.0. The molecule has 1 heterocycles. The second-order valence-electron chi connectivity index (χ2n) is 5.53. The van der Waals surface area contributed by atoms with Gasteiger partial charge < -0.3 is 10.1 Å². The summed E-state index contributed by atoms with van der Waals surface area (Å²) in [4.78, 5) is 36.9. The van der Waals surface area contributed by atoms with E-state index in [1.54, 1.807) is 37.5 Å². The van der Waals surface area contributed by atoms with E-state index in [1.165, 1.54) is 19.2 Å². The summed E-state index contributed by atoms with van der Waals surface area (Å²) in [5.41, 5.74) is 1.95. The van der Waals surface area contributed by atoms with Gasteiger partial charge in [-0.2, -0.15) is 0 Å². The van der Waals surface area contributed by atoms with Crippen molar-refractivity contribution in [2.45, 2.75) is 0 Å². The summed E-state index contributed by atoms with van der Waals surface area (Å²) >= 11 is 0. The van der Waals surface area contributed by atoms with Crippen LogP contribution < -0.4 is 10.1 Å². The zero-order chi connectivity index (χ0) is 18.0. The van der Waals surface area contributed by atoms with Crippen LogP contribution in [0.25, 0.3) is 6.08 Å². The van der Waals surface area contributed by atoms with Gasteiger partial charge in [-0.05, 0) is 42.0 Å². The van der Waals surface area contributed by atoms with Crippen LogP contribution in [0.5, 0.6) is 5.75 Å². The molecule has 126 valence electrons. The number of anilines is 1. The molecule has 0 saturated heterocycles. The molecule has 0 aromatic heterocycles. The lowest BCUT2D eigenvalue weighted by molar-refractivity contribution is -0.111. The minimum Gasteiger partial charge on any atom is -0.497 e. The molecule has 0 aliphatic carbocycles. The monoisotopic (exact) mass is 336 g/mol. The molecule has 6 heteroatoms. The van der Waals surface area contributed by atoms with E-state index in [2.05, 4.69) is 5.32 Å². The highest BCUT2D eigenvalue weighted by atomic mass is 16.5. The molecule has 6 nitrogen and oxygen atoms in total. The Labute approximate surface area is 144 Å². The molecule has 2 aromatic carbocycles. The van der Waals surface area contributed by atoms with Crippen molar-refractivity contribution < 1.29 is 19.1 Å². The highest BCUT2D eigenvalue weighted by Crippen LogP contribution is 2.24. The number of rotatable bonds is 4. The Hall–Kier alpha value is -3.41. The average Bonchev–Trinajstić information content (AvgIpc) is 2.84. The third-order valence-corrected chi connectivity index (χ3v) is 3.90. The molecule has 0 spiro atoms. The van der Waals surface area contributed by atoms with Crippen LogP contribution in [0.3, 0.4) is 0 Å². The lowest BCUT2D eigenvalue weighted by Crippen LogP contribution is -2.24. The summed E-state index contributed by atoms with van der Waals surface area (Å²) in [6.07, 6.45) is 3.07. The van der Waals surface area contributed by atoms with Crippen molar-refractivity contribution in [2.24, 2.45) is 0 Å². The number of amides is 3. The van der Waals surface area contributed by atoms with E-state index in [0.29, 0.717) is 16.8 Å². The van der Waals surface area contributed by atoms with Gasteiger partial charge in [0.25, 0.3) is 11.8 Å². The van der Waals surface area contributed by atoms with Crippen LogP contribution in [0, 0.1) is 0 Å². The fraction of sp³-hybridized carbons (Fsp3) is 0.105. The van der Waals surface area contributed by atoms with Crippen LogP contribution in [-0.4, -0.2) is 36.8 Å². The first kappa shape index (κ1) is 16.4. The Morgan fingerprint density at radius 2 is 1.72 bits per heavy atom. The van der Waals surface area contributed by atoms with Crippen molar-refractivity contribution >= 4 is 29.5 Å². The maximum absolute atomic E-state index is 12.0. The molecule has 3 amide bonds. The maximum Gasteiger partial charge on any atom is 0.261 e. The van der Waals surface area contributed by atoms with Gasteiger partial charge in [-0.25, -0.2) is 0 Å². The van der Waals surface area contributed by atoms with E-state index < -0.39 is 0 Å². The summed E-state index contributed by atoms with van der Waals surface area (Å²) in [6, 6.07) is 11.9. The first-order valence-corrected chi connectivity index (χ1v) is 7.59. The number of hydrogen-bond donors (Lipinski definition) is 1. The van der Waals surface area contributed by atoms with Crippen molar-refractivity contribution in [3.63, 3.8) is 0 Å². The van der Waals surface area contributed by atoms with E-state index in [4.69, 9.17) is 4.74 Å². The summed E-state index contributed by atoms with van der Waals surface area (Å²) in [5.74, 6) is -0.299. The van der Waals surface area contributed by atoms with Crippen LogP contribution >= 0.6 is 0 Å². The quantitative estimate of drug-likeness (QED) is 0.688. The number of ether oxygens (including phenoxy) is 1. The molecule has 1 aliphatic heterocycles. The number of carbonyl (C=O) groups excluding carboxylic acids is 3. The van der Waals surface area contributed by atoms with Crippen molar-refractivity contribution in [3.05, 3.63) is 65.2 Å². The van der Waals surface area contributed by atoms with Gasteiger partial charge in [0, 0.05) is 18.8 Å². The summed E-state index contributed by atoms with van der Waals surface area (Å²) in [6.45, 7) is 0. The van der Waals surface area contributed by atoms with Crippen LogP contribution in [0.2, 0.25) is 0 Å². The highest BCUT2D eigenvalue weighted by molar-refractivity contribution is 6.21. The summed E-state index contributed by atoms with van der Waals surface area (Å²) < 4.78 is 5.08. The Bertz CT molecular complexity index is 885. The lowest BCUT2D eigenvalue weighted by atomic mass is 10.1. The lowest BCUT2D eigenvalue weighted by Gasteiger charge is -2.04. The SMILES string of the molecule is COc1ccc(/C=C/C(=O)Nc2ccc3c(c2)C(=O)N(C)C3=O)cc1. The molecular formula is C19H16N2O4. The standard InChI is InChI=1S/C19H16N2O4/c1-21-18(23)15-9-6-13(11-16(15)19(21)24)20-17(22)10-5-12-3-7-14(25-2)8-4-12/h3-11H,1-2H3,(H,20,22)/b10-5+. The van der Waals surface area contributed by atoms with Crippen molar-refractivity contribution in [2.75, 3.05) is 19.5 Å². The number of carbonyl (C=O) groups is 3. The maximum atomic E-state index is 12.0. The minimum atomic E-state index is -0.370. The van der Waals surface area contributed by atoms with Crippen LogP contribution in [0.4, 0.5) is 5.69 Å². The fourth-order valence-corrected chi connectivity index (χ4v) is 2.51. The second kappa shape index (κ2) is 6.60. The second-order valence-corrected chi connectivity index (χ2v) is 5.53. The predicted molar refractivity (Wildman–Crippen MR) is 93.5 cm³/mol. The third-order valence-electron chi connectivity index (χ3n) is 3.90. The van der Waals surface area contributed by atoms with Gasteiger partial charge in [0.2, 0.25) is 5.91 Å². The zero-order valence-corrected chi connectivity index (χ0v) is 13.8. The van der Waals surface area contributed by atoms with E-state index in [9.17, 15) is 14.4 Å². The molecule has 0 bridgehead atoms. The molecule has 3 rings (SSSR count). The average molecular weight is 336 g/mol. The Morgan fingerprint density at radius 3 is 2.40 bits per heavy atom. The molecule has 1 N–H and O–H groups in total. The van der Waals surface area contributed by atoms with Gasteiger partial charge in [0.15, 0.2) is 0 Å². The number of benzene rings is 2. The highest BCUT2D eigenvalue weighted by Gasteiger charge is 2.32. The third kappa shape index (κ3) is 3.28. The topological polar surface area (TPSA) is 75.7 Å². The van der Waals surface area contributed by atoms with Crippen LogP contribution in [0.1, 0.15) is 26.3 Å². The van der Waals surface area contributed by atoms with Crippen LogP contribution in [-0.2, 0) is 4.79 Å². The van der Waals surface area contributed by atoms with E-state index in [0.717, 1.165) is 16.2 Å². The van der Waals surface area contributed by atoms with Crippen molar-refractivity contribution in [1.82, 2.24) is 4.90 Å². The molecule has 1 aliphatic rings. The molecule has 0 unspecified atom stereocenters. The first-order valence-electron chi connectivity index (χ1n) is 7.59. The van der Waals surface area contributed by atoms with Gasteiger partial charge in [0.05, 0.1) is 18.2 Å². The zero-order valence-electron chi connectivity index (χ0n) is 13.8. The molecule has 0 atom stereocenters. The van der Waals surface area contributed by atoms with E-state index in [-0.39, 0.29) is 17.7 Å². The normalized spacial score (nSPS) is 13.3. The van der Waals surface area contributed by atoms with Gasteiger partial charge in [0.1, 0.15) is 5.75 Å². The molecule has 0 radical (unpaired) electrons. The van der Waals surface area contributed by atoms with Crippen molar-refractivity contribution in [3.8, 4) is 5.75 Å². The molecule has 2 aromatic rings. The molecule has 0 saturated carbocycles. The number of imide groups is 1. The molecule has 0 fully saturated rings. The van der Waals surface area contributed by atoms with Gasteiger partial charge >= 0.3 is 0 Å². The van der Waals surface area contributed by atoms with E-state index in [1.807, 2.05) is 12.1 Å². The largest absolute Gasteiger partial charge is 0.497 e. The van der Waals surface area contributed by atoms with Gasteiger partial charge in [-0.15, -0.1) is 0 Å². The minimum absolute atomic E-state index is 0.296. The summed E-state index contributed by atoms with van der Waals surface area (Å²) in [5, 5.41) is 2.68. The Balaban J connectivity index is 1.70. The predicted octanol–water partition coefficient (Wildman–Crippen LogP) is 2.57. The number of methoxy groups -OCH3 is 1. The smallest absolute Gasteiger partial charge is 0.261 e.